The lowest BCUT2D eigenvalue weighted by molar-refractivity contribution is 0.0314. The number of rotatable bonds is 4. The van der Waals surface area contributed by atoms with E-state index in [-0.39, 0.29) is 5.91 Å². The highest BCUT2D eigenvalue weighted by atomic mass is 35.5. The van der Waals surface area contributed by atoms with Crippen molar-refractivity contribution in [3.63, 3.8) is 0 Å². The van der Waals surface area contributed by atoms with Crippen LogP contribution in [0.4, 0.5) is 0 Å². The number of carbonyl (C=O) groups is 1. The number of hydrogen-bond donors (Lipinski definition) is 1. The Bertz CT molecular complexity index is 438. The number of nitrogens with zero attached hydrogens (tertiary/aromatic N) is 1. The van der Waals surface area contributed by atoms with Crippen molar-refractivity contribution < 1.29 is 9.90 Å². The quantitative estimate of drug-likeness (QED) is 0.913. The molecule has 0 bridgehead atoms. The van der Waals surface area contributed by atoms with E-state index in [0.717, 1.165) is 5.56 Å². The van der Waals surface area contributed by atoms with Gasteiger partial charge in [-0.05, 0) is 51.5 Å². The molecule has 0 aliphatic carbocycles. The van der Waals surface area contributed by atoms with Crippen LogP contribution in [0.5, 0.6) is 0 Å². The lowest BCUT2D eigenvalue weighted by Crippen LogP contribution is -2.42. The second-order valence-corrected chi connectivity index (χ2v) is 5.50. The maximum Gasteiger partial charge on any atom is 0.253 e. The van der Waals surface area contributed by atoms with Crippen LogP contribution >= 0.6 is 11.6 Å². The minimum absolute atomic E-state index is 0.0839. The lowest BCUT2D eigenvalue weighted by atomic mass is 10.1. The minimum Gasteiger partial charge on any atom is -0.389 e. The van der Waals surface area contributed by atoms with Gasteiger partial charge in [0.15, 0.2) is 0 Å². The summed E-state index contributed by atoms with van der Waals surface area (Å²) >= 11 is 5.94. The molecule has 0 fully saturated rings. The second-order valence-electron chi connectivity index (χ2n) is 5.10. The Morgan fingerprint density at radius 3 is 2.50 bits per heavy atom. The molecular formula is C14H20ClNO2. The van der Waals surface area contributed by atoms with Gasteiger partial charge < -0.3 is 10.0 Å². The fraction of sp³-hybridized carbons (Fsp3) is 0.500. The molecule has 1 aromatic rings. The fourth-order valence-electron chi connectivity index (χ4n) is 1.75. The first-order valence-electron chi connectivity index (χ1n) is 6.02. The van der Waals surface area contributed by atoms with E-state index in [9.17, 15) is 9.90 Å². The summed E-state index contributed by atoms with van der Waals surface area (Å²) < 4.78 is 0. The van der Waals surface area contributed by atoms with E-state index in [1.807, 2.05) is 13.8 Å². The van der Waals surface area contributed by atoms with Crippen LogP contribution < -0.4 is 0 Å². The first-order valence-corrected chi connectivity index (χ1v) is 6.40. The summed E-state index contributed by atoms with van der Waals surface area (Å²) in [5, 5.41) is 10.4. The predicted molar refractivity (Wildman–Crippen MR) is 74.1 cm³/mol. The summed E-state index contributed by atoms with van der Waals surface area (Å²) in [6.45, 7) is 8.01. The van der Waals surface area contributed by atoms with Crippen LogP contribution in [-0.4, -0.2) is 34.6 Å². The SMILES string of the molecule is CCN(CC(C)(C)O)C(=O)c1ccc(Cl)c(C)c1. The third kappa shape index (κ3) is 4.00. The Morgan fingerprint density at radius 1 is 1.44 bits per heavy atom. The fourth-order valence-corrected chi connectivity index (χ4v) is 1.87. The van der Waals surface area contributed by atoms with Crippen molar-refractivity contribution in [2.24, 2.45) is 0 Å². The number of carbonyl (C=O) groups excluding carboxylic acids is 1. The Labute approximate surface area is 113 Å². The third-order valence-corrected chi connectivity index (χ3v) is 3.08. The van der Waals surface area contributed by atoms with Gasteiger partial charge in [0.25, 0.3) is 5.91 Å². The topological polar surface area (TPSA) is 40.5 Å². The number of likely N-dealkylation sites (N-methyl/N-ethyl adjacent to an activating group) is 1. The van der Waals surface area contributed by atoms with E-state index in [0.29, 0.717) is 23.7 Å². The Hall–Kier alpha value is -1.06. The summed E-state index contributed by atoms with van der Waals surface area (Å²) in [5.74, 6) is -0.0839. The van der Waals surface area contributed by atoms with Gasteiger partial charge in [-0.25, -0.2) is 0 Å². The number of aliphatic hydroxyl groups is 1. The summed E-state index contributed by atoms with van der Waals surface area (Å²) in [6.07, 6.45) is 0. The van der Waals surface area contributed by atoms with E-state index in [1.165, 1.54) is 0 Å². The molecule has 1 rings (SSSR count). The van der Waals surface area contributed by atoms with Gasteiger partial charge in [-0.2, -0.15) is 0 Å². The normalized spacial score (nSPS) is 11.4. The van der Waals surface area contributed by atoms with Gasteiger partial charge in [-0.3, -0.25) is 4.79 Å². The largest absolute Gasteiger partial charge is 0.389 e. The smallest absolute Gasteiger partial charge is 0.253 e. The van der Waals surface area contributed by atoms with Crippen molar-refractivity contribution in [2.75, 3.05) is 13.1 Å². The van der Waals surface area contributed by atoms with Crippen LogP contribution in [0.1, 0.15) is 36.7 Å². The molecule has 0 spiro atoms. The lowest BCUT2D eigenvalue weighted by Gasteiger charge is -2.28. The summed E-state index contributed by atoms with van der Waals surface area (Å²) in [4.78, 5) is 13.9. The zero-order valence-corrected chi connectivity index (χ0v) is 12.1. The molecule has 0 saturated carbocycles. The highest BCUT2D eigenvalue weighted by Gasteiger charge is 2.22. The summed E-state index contributed by atoms with van der Waals surface area (Å²) in [5.41, 5.74) is 0.581. The Morgan fingerprint density at radius 2 is 2.06 bits per heavy atom. The van der Waals surface area contributed by atoms with Crippen LogP contribution in [0, 0.1) is 6.92 Å². The molecule has 0 aromatic heterocycles. The monoisotopic (exact) mass is 269 g/mol. The maximum atomic E-state index is 12.3. The summed E-state index contributed by atoms with van der Waals surface area (Å²) in [6, 6.07) is 5.21. The van der Waals surface area contributed by atoms with E-state index in [2.05, 4.69) is 0 Å². The van der Waals surface area contributed by atoms with Crippen LogP contribution in [0.3, 0.4) is 0 Å². The van der Waals surface area contributed by atoms with Gasteiger partial charge in [0.2, 0.25) is 0 Å². The molecule has 0 radical (unpaired) electrons. The zero-order chi connectivity index (χ0) is 13.9. The molecular weight excluding hydrogens is 250 g/mol. The Balaban J connectivity index is 2.93. The molecule has 0 heterocycles. The van der Waals surface area contributed by atoms with Crippen LogP contribution in [-0.2, 0) is 0 Å². The maximum absolute atomic E-state index is 12.3. The van der Waals surface area contributed by atoms with Crippen molar-refractivity contribution in [2.45, 2.75) is 33.3 Å². The molecule has 1 amide bonds. The molecule has 1 aromatic carbocycles. The van der Waals surface area contributed by atoms with Crippen molar-refractivity contribution in [1.82, 2.24) is 4.90 Å². The molecule has 0 saturated heterocycles. The molecule has 3 nitrogen and oxygen atoms in total. The van der Waals surface area contributed by atoms with Gasteiger partial charge in [-0.15, -0.1) is 0 Å². The highest BCUT2D eigenvalue weighted by molar-refractivity contribution is 6.31. The third-order valence-electron chi connectivity index (χ3n) is 2.65. The second kappa shape index (κ2) is 5.72. The van der Waals surface area contributed by atoms with Crippen molar-refractivity contribution in [3.8, 4) is 0 Å². The standard InChI is InChI=1S/C14H20ClNO2/c1-5-16(9-14(3,4)18)13(17)11-6-7-12(15)10(2)8-11/h6-8,18H,5,9H2,1-4H3. The number of aryl methyl sites for hydroxylation is 1. The van der Waals surface area contributed by atoms with Crippen LogP contribution in [0.25, 0.3) is 0 Å². The van der Waals surface area contributed by atoms with Crippen molar-refractivity contribution in [1.29, 1.82) is 0 Å². The molecule has 0 aliphatic rings. The number of halogens is 1. The van der Waals surface area contributed by atoms with Gasteiger partial charge >= 0.3 is 0 Å². The molecule has 0 aliphatic heterocycles. The molecule has 4 heteroatoms. The van der Waals surface area contributed by atoms with Crippen molar-refractivity contribution in [3.05, 3.63) is 34.3 Å². The zero-order valence-electron chi connectivity index (χ0n) is 11.3. The first kappa shape index (κ1) is 15.0. The first-order chi connectivity index (χ1) is 8.24. The predicted octanol–water partition coefficient (Wildman–Crippen LogP) is 2.88. The molecule has 0 unspecified atom stereocenters. The number of benzene rings is 1. The van der Waals surface area contributed by atoms with E-state index < -0.39 is 5.60 Å². The van der Waals surface area contributed by atoms with E-state index in [4.69, 9.17) is 11.6 Å². The van der Waals surface area contributed by atoms with Gasteiger partial charge in [0, 0.05) is 23.7 Å². The van der Waals surface area contributed by atoms with Crippen LogP contribution in [0.15, 0.2) is 18.2 Å². The number of hydrogen-bond acceptors (Lipinski definition) is 2. The molecule has 18 heavy (non-hydrogen) atoms. The van der Waals surface area contributed by atoms with Crippen molar-refractivity contribution >= 4 is 17.5 Å². The number of amides is 1. The average Bonchev–Trinajstić information content (AvgIpc) is 2.27. The average molecular weight is 270 g/mol. The highest BCUT2D eigenvalue weighted by Crippen LogP contribution is 2.18. The molecule has 1 N–H and O–H groups in total. The Kier molecular flexibility index (Phi) is 4.77. The van der Waals surface area contributed by atoms with Gasteiger partial charge in [0.05, 0.1) is 5.60 Å². The molecule has 100 valence electrons. The minimum atomic E-state index is -0.896. The van der Waals surface area contributed by atoms with E-state index >= 15 is 0 Å². The summed E-state index contributed by atoms with van der Waals surface area (Å²) in [7, 11) is 0. The van der Waals surface area contributed by atoms with Gasteiger partial charge in [0.1, 0.15) is 0 Å². The van der Waals surface area contributed by atoms with Gasteiger partial charge in [-0.1, -0.05) is 11.6 Å². The molecule has 0 atom stereocenters. The van der Waals surface area contributed by atoms with E-state index in [1.54, 1.807) is 36.9 Å². The van der Waals surface area contributed by atoms with Crippen LogP contribution in [0.2, 0.25) is 5.02 Å².